The zero-order valence-electron chi connectivity index (χ0n) is 7.88. The fourth-order valence-electron chi connectivity index (χ4n) is 1.08. The minimum absolute atomic E-state index is 0.966. The number of aryl methyl sites for hydroxylation is 1. The van der Waals surface area contributed by atoms with Gasteiger partial charge in [0.25, 0.3) is 0 Å². The fraction of sp³-hybridized carbons (Fsp3) is 0.667. The highest BCUT2D eigenvalue weighted by atomic mass is 15.3. The van der Waals surface area contributed by atoms with E-state index < -0.39 is 0 Å². The van der Waals surface area contributed by atoms with Crippen LogP contribution in [0.1, 0.15) is 19.0 Å². The minimum atomic E-state index is 0.966. The van der Waals surface area contributed by atoms with Crippen LogP contribution in [0.25, 0.3) is 0 Å². The van der Waals surface area contributed by atoms with Crippen molar-refractivity contribution < 1.29 is 0 Å². The topological polar surface area (TPSA) is 29.9 Å². The van der Waals surface area contributed by atoms with Crippen LogP contribution in [0.5, 0.6) is 0 Å². The van der Waals surface area contributed by atoms with E-state index in [9.17, 15) is 0 Å². The molecule has 12 heavy (non-hydrogen) atoms. The van der Waals surface area contributed by atoms with Crippen molar-refractivity contribution in [2.45, 2.75) is 26.8 Å². The Hall–Kier alpha value is -0.830. The summed E-state index contributed by atoms with van der Waals surface area (Å²) < 4.78 is 1.97. The third-order valence-corrected chi connectivity index (χ3v) is 1.72. The summed E-state index contributed by atoms with van der Waals surface area (Å²) in [6, 6.07) is 2.03. The highest BCUT2D eigenvalue weighted by Gasteiger charge is 1.91. The highest BCUT2D eigenvalue weighted by Crippen LogP contribution is 1.91. The molecule has 1 aromatic heterocycles. The van der Waals surface area contributed by atoms with E-state index in [1.54, 1.807) is 0 Å². The molecule has 0 bridgehead atoms. The van der Waals surface area contributed by atoms with E-state index in [0.717, 1.165) is 25.3 Å². The SMILES string of the molecule is CCCNCCn1ccc(C)n1. The Morgan fingerprint density at radius 3 is 2.92 bits per heavy atom. The molecule has 0 unspecified atom stereocenters. The van der Waals surface area contributed by atoms with Crippen molar-refractivity contribution in [3.63, 3.8) is 0 Å². The number of nitrogens with one attached hydrogen (secondary N) is 1. The predicted molar refractivity (Wildman–Crippen MR) is 50.1 cm³/mol. The number of hydrogen-bond acceptors (Lipinski definition) is 2. The maximum atomic E-state index is 4.28. The van der Waals surface area contributed by atoms with Crippen LogP contribution >= 0.6 is 0 Å². The lowest BCUT2D eigenvalue weighted by molar-refractivity contribution is 0.551. The summed E-state index contributed by atoms with van der Waals surface area (Å²) in [6.07, 6.45) is 3.21. The van der Waals surface area contributed by atoms with Gasteiger partial charge in [-0.05, 0) is 26.0 Å². The van der Waals surface area contributed by atoms with Gasteiger partial charge in [0.05, 0.1) is 12.2 Å². The van der Waals surface area contributed by atoms with Gasteiger partial charge in [0.15, 0.2) is 0 Å². The van der Waals surface area contributed by atoms with Gasteiger partial charge in [0, 0.05) is 12.7 Å². The van der Waals surface area contributed by atoms with Crippen molar-refractivity contribution in [3.8, 4) is 0 Å². The van der Waals surface area contributed by atoms with Gasteiger partial charge in [-0.3, -0.25) is 4.68 Å². The van der Waals surface area contributed by atoms with Crippen molar-refractivity contribution in [2.75, 3.05) is 13.1 Å². The Morgan fingerprint density at radius 1 is 1.50 bits per heavy atom. The second kappa shape index (κ2) is 4.93. The average molecular weight is 167 g/mol. The molecule has 0 saturated carbocycles. The van der Waals surface area contributed by atoms with Crippen LogP contribution in [0.15, 0.2) is 12.3 Å². The summed E-state index contributed by atoms with van der Waals surface area (Å²) in [5.74, 6) is 0. The number of rotatable bonds is 5. The normalized spacial score (nSPS) is 10.5. The molecule has 0 aliphatic heterocycles. The van der Waals surface area contributed by atoms with Crippen LogP contribution in [0.2, 0.25) is 0 Å². The molecule has 1 rings (SSSR count). The van der Waals surface area contributed by atoms with Gasteiger partial charge in [-0.2, -0.15) is 5.10 Å². The van der Waals surface area contributed by atoms with E-state index in [2.05, 4.69) is 17.3 Å². The van der Waals surface area contributed by atoms with E-state index in [1.165, 1.54) is 6.42 Å². The van der Waals surface area contributed by atoms with Crippen molar-refractivity contribution in [1.82, 2.24) is 15.1 Å². The first-order valence-electron chi connectivity index (χ1n) is 4.53. The molecule has 0 aromatic carbocycles. The molecule has 3 heteroatoms. The van der Waals surface area contributed by atoms with Crippen molar-refractivity contribution in [2.24, 2.45) is 0 Å². The Bertz CT molecular complexity index is 217. The Balaban J connectivity index is 2.15. The maximum Gasteiger partial charge on any atom is 0.0593 e. The van der Waals surface area contributed by atoms with Gasteiger partial charge in [0.2, 0.25) is 0 Å². The average Bonchev–Trinajstić information content (AvgIpc) is 2.45. The first-order chi connectivity index (χ1) is 5.83. The number of aromatic nitrogens is 2. The van der Waals surface area contributed by atoms with E-state index in [0.29, 0.717) is 0 Å². The molecule has 0 aliphatic carbocycles. The smallest absolute Gasteiger partial charge is 0.0593 e. The molecule has 0 radical (unpaired) electrons. The molecule has 1 N–H and O–H groups in total. The summed E-state index contributed by atoms with van der Waals surface area (Å²) in [5.41, 5.74) is 1.09. The lowest BCUT2D eigenvalue weighted by atomic mass is 10.5. The molecule has 0 fully saturated rings. The van der Waals surface area contributed by atoms with Gasteiger partial charge < -0.3 is 5.32 Å². The summed E-state index contributed by atoms with van der Waals surface area (Å²) in [4.78, 5) is 0. The number of hydrogen-bond donors (Lipinski definition) is 1. The zero-order valence-corrected chi connectivity index (χ0v) is 7.88. The molecule has 0 amide bonds. The van der Waals surface area contributed by atoms with E-state index in [4.69, 9.17) is 0 Å². The third kappa shape index (κ3) is 3.05. The molecule has 0 saturated heterocycles. The predicted octanol–water partition coefficient (Wildman–Crippen LogP) is 1.19. The van der Waals surface area contributed by atoms with Gasteiger partial charge in [0.1, 0.15) is 0 Å². The second-order valence-corrected chi connectivity index (χ2v) is 2.97. The largest absolute Gasteiger partial charge is 0.315 e. The first kappa shape index (κ1) is 9.26. The van der Waals surface area contributed by atoms with Crippen LogP contribution in [0.4, 0.5) is 0 Å². The second-order valence-electron chi connectivity index (χ2n) is 2.97. The molecular formula is C9H17N3. The van der Waals surface area contributed by atoms with Crippen LogP contribution < -0.4 is 5.32 Å². The molecule has 3 nitrogen and oxygen atoms in total. The van der Waals surface area contributed by atoms with Gasteiger partial charge in [-0.25, -0.2) is 0 Å². The lowest BCUT2D eigenvalue weighted by Crippen LogP contribution is -2.20. The van der Waals surface area contributed by atoms with Crippen molar-refractivity contribution >= 4 is 0 Å². The minimum Gasteiger partial charge on any atom is -0.315 e. The molecule has 1 aromatic rings. The van der Waals surface area contributed by atoms with E-state index in [1.807, 2.05) is 23.9 Å². The van der Waals surface area contributed by atoms with Crippen LogP contribution in [-0.4, -0.2) is 22.9 Å². The van der Waals surface area contributed by atoms with Gasteiger partial charge in [-0.1, -0.05) is 6.92 Å². The summed E-state index contributed by atoms with van der Waals surface area (Å²) in [5, 5.41) is 7.62. The number of nitrogens with zero attached hydrogens (tertiary/aromatic N) is 2. The Morgan fingerprint density at radius 2 is 2.33 bits per heavy atom. The summed E-state index contributed by atoms with van der Waals surface area (Å²) >= 11 is 0. The summed E-state index contributed by atoms with van der Waals surface area (Å²) in [7, 11) is 0. The quantitative estimate of drug-likeness (QED) is 0.668. The van der Waals surface area contributed by atoms with E-state index in [-0.39, 0.29) is 0 Å². The Labute approximate surface area is 73.8 Å². The Kier molecular flexibility index (Phi) is 3.80. The van der Waals surface area contributed by atoms with Gasteiger partial charge in [-0.15, -0.1) is 0 Å². The van der Waals surface area contributed by atoms with Crippen molar-refractivity contribution in [1.29, 1.82) is 0 Å². The van der Waals surface area contributed by atoms with Gasteiger partial charge >= 0.3 is 0 Å². The molecule has 0 spiro atoms. The van der Waals surface area contributed by atoms with Crippen LogP contribution in [0, 0.1) is 6.92 Å². The standard InChI is InChI=1S/C9H17N3/c1-3-5-10-6-8-12-7-4-9(2)11-12/h4,7,10H,3,5-6,8H2,1-2H3. The molecule has 0 atom stereocenters. The highest BCUT2D eigenvalue weighted by molar-refractivity contribution is 4.94. The molecular weight excluding hydrogens is 150 g/mol. The van der Waals surface area contributed by atoms with Crippen molar-refractivity contribution in [3.05, 3.63) is 18.0 Å². The first-order valence-corrected chi connectivity index (χ1v) is 4.53. The third-order valence-electron chi connectivity index (χ3n) is 1.72. The maximum absolute atomic E-state index is 4.28. The van der Waals surface area contributed by atoms with E-state index >= 15 is 0 Å². The molecule has 1 heterocycles. The molecule has 68 valence electrons. The summed E-state index contributed by atoms with van der Waals surface area (Å²) in [6.45, 7) is 7.25. The lowest BCUT2D eigenvalue weighted by Gasteiger charge is -2.02. The fourth-order valence-corrected chi connectivity index (χ4v) is 1.08. The van der Waals surface area contributed by atoms with Crippen LogP contribution in [0.3, 0.4) is 0 Å². The zero-order chi connectivity index (χ0) is 8.81. The van der Waals surface area contributed by atoms with Crippen LogP contribution in [-0.2, 0) is 6.54 Å². The monoisotopic (exact) mass is 167 g/mol. The molecule has 0 aliphatic rings.